The molecule has 1 saturated carbocycles. The van der Waals surface area contributed by atoms with Crippen LogP contribution in [-0.4, -0.2) is 31.5 Å². The van der Waals surface area contributed by atoms with E-state index in [2.05, 4.69) is 19.2 Å². The molecular formula is C12H23NO2S. The maximum atomic E-state index is 11.5. The van der Waals surface area contributed by atoms with Crippen molar-refractivity contribution in [2.24, 2.45) is 5.92 Å². The Hall–Kier alpha value is -0.0900. The minimum atomic E-state index is -2.78. The maximum Gasteiger partial charge on any atom is 0.152 e. The van der Waals surface area contributed by atoms with Crippen LogP contribution in [0, 0.1) is 5.92 Å². The Morgan fingerprint density at radius 2 is 2.12 bits per heavy atom. The molecule has 0 amide bonds. The molecule has 1 N–H and O–H groups in total. The standard InChI is InChI=1S/C12H23NO2S/c1-3-10-4-5-11(8-10)13-12(2)6-7-16(14,15)9-12/h10-11,13H,3-9H2,1-2H3. The van der Waals surface area contributed by atoms with Crippen LogP contribution < -0.4 is 5.32 Å². The molecule has 4 heteroatoms. The Labute approximate surface area is 98.9 Å². The molecule has 2 fully saturated rings. The Kier molecular flexibility index (Phi) is 3.32. The van der Waals surface area contributed by atoms with Crippen molar-refractivity contribution in [1.29, 1.82) is 0 Å². The average Bonchev–Trinajstić information content (AvgIpc) is 2.71. The molecule has 3 unspecified atom stereocenters. The van der Waals surface area contributed by atoms with Gasteiger partial charge in [-0.25, -0.2) is 8.42 Å². The molecule has 1 heterocycles. The third-order valence-corrected chi connectivity index (χ3v) is 6.08. The van der Waals surface area contributed by atoms with E-state index in [-0.39, 0.29) is 5.54 Å². The molecule has 16 heavy (non-hydrogen) atoms. The molecule has 3 nitrogen and oxygen atoms in total. The molecule has 0 aromatic heterocycles. The number of hydrogen-bond acceptors (Lipinski definition) is 3. The number of hydrogen-bond donors (Lipinski definition) is 1. The van der Waals surface area contributed by atoms with Gasteiger partial charge in [0.1, 0.15) is 0 Å². The van der Waals surface area contributed by atoms with Gasteiger partial charge in [-0.15, -0.1) is 0 Å². The lowest BCUT2D eigenvalue weighted by atomic mass is 9.99. The predicted octanol–water partition coefficient (Wildman–Crippen LogP) is 1.73. The lowest BCUT2D eigenvalue weighted by Gasteiger charge is -2.28. The molecule has 0 aromatic rings. The third kappa shape index (κ3) is 2.77. The van der Waals surface area contributed by atoms with Gasteiger partial charge in [-0.1, -0.05) is 13.3 Å². The molecule has 2 aliphatic rings. The summed E-state index contributed by atoms with van der Waals surface area (Å²) in [5.41, 5.74) is -0.161. The largest absolute Gasteiger partial charge is 0.308 e. The van der Waals surface area contributed by atoms with E-state index in [1.165, 1.54) is 25.7 Å². The monoisotopic (exact) mass is 245 g/mol. The van der Waals surface area contributed by atoms with Crippen molar-refractivity contribution < 1.29 is 8.42 Å². The van der Waals surface area contributed by atoms with Crippen LogP contribution in [0.15, 0.2) is 0 Å². The fourth-order valence-corrected chi connectivity index (χ4v) is 5.30. The summed E-state index contributed by atoms with van der Waals surface area (Å²) >= 11 is 0. The van der Waals surface area contributed by atoms with Crippen LogP contribution in [0.2, 0.25) is 0 Å². The van der Waals surface area contributed by atoms with E-state index in [1.54, 1.807) is 0 Å². The second kappa shape index (κ2) is 4.30. The Bertz CT molecular complexity index is 352. The first-order valence-electron chi connectivity index (χ1n) is 6.40. The molecule has 1 aliphatic carbocycles. The van der Waals surface area contributed by atoms with Crippen LogP contribution in [0.3, 0.4) is 0 Å². The first-order chi connectivity index (χ1) is 7.42. The molecule has 0 aromatic carbocycles. The van der Waals surface area contributed by atoms with Crippen molar-refractivity contribution in [3.05, 3.63) is 0 Å². The smallest absolute Gasteiger partial charge is 0.152 e. The van der Waals surface area contributed by atoms with E-state index >= 15 is 0 Å². The zero-order valence-corrected chi connectivity index (χ0v) is 11.1. The lowest BCUT2D eigenvalue weighted by Crippen LogP contribution is -2.48. The van der Waals surface area contributed by atoms with Crippen LogP contribution in [-0.2, 0) is 9.84 Å². The summed E-state index contributed by atoms with van der Waals surface area (Å²) in [6, 6.07) is 0.545. The number of rotatable bonds is 3. The van der Waals surface area contributed by atoms with E-state index in [0.717, 1.165) is 12.3 Å². The van der Waals surface area contributed by atoms with Crippen LogP contribution in [0.1, 0.15) is 46.0 Å². The van der Waals surface area contributed by atoms with Crippen molar-refractivity contribution in [2.75, 3.05) is 11.5 Å². The minimum Gasteiger partial charge on any atom is -0.308 e. The van der Waals surface area contributed by atoms with Gasteiger partial charge in [-0.05, 0) is 38.5 Å². The topological polar surface area (TPSA) is 46.2 Å². The second-order valence-electron chi connectivity index (χ2n) is 5.83. The van der Waals surface area contributed by atoms with Crippen LogP contribution in [0.5, 0.6) is 0 Å². The summed E-state index contributed by atoms with van der Waals surface area (Å²) in [6.07, 6.45) is 5.78. The highest BCUT2D eigenvalue weighted by atomic mass is 32.2. The van der Waals surface area contributed by atoms with Crippen LogP contribution >= 0.6 is 0 Å². The summed E-state index contributed by atoms with van der Waals surface area (Å²) < 4.78 is 23.0. The molecule has 0 bridgehead atoms. The molecule has 1 saturated heterocycles. The lowest BCUT2D eigenvalue weighted by molar-refractivity contribution is 0.334. The zero-order chi connectivity index (χ0) is 11.8. The van der Waals surface area contributed by atoms with Crippen LogP contribution in [0.4, 0.5) is 0 Å². The maximum absolute atomic E-state index is 11.5. The van der Waals surface area contributed by atoms with Gasteiger partial charge in [0, 0.05) is 11.6 Å². The number of sulfone groups is 1. The highest BCUT2D eigenvalue weighted by Crippen LogP contribution is 2.31. The molecular weight excluding hydrogens is 222 g/mol. The quantitative estimate of drug-likeness (QED) is 0.823. The fourth-order valence-electron chi connectivity index (χ4n) is 3.19. The Morgan fingerprint density at radius 3 is 2.62 bits per heavy atom. The molecule has 2 rings (SSSR count). The molecule has 0 radical (unpaired) electrons. The van der Waals surface area contributed by atoms with E-state index in [9.17, 15) is 8.42 Å². The van der Waals surface area contributed by atoms with Gasteiger partial charge in [0.05, 0.1) is 11.5 Å². The highest BCUT2D eigenvalue weighted by Gasteiger charge is 2.40. The molecule has 1 aliphatic heterocycles. The molecule has 3 atom stereocenters. The van der Waals surface area contributed by atoms with E-state index in [0.29, 0.717) is 17.5 Å². The summed E-state index contributed by atoms with van der Waals surface area (Å²) in [5, 5.41) is 3.59. The zero-order valence-electron chi connectivity index (χ0n) is 10.3. The van der Waals surface area contributed by atoms with Gasteiger partial charge in [0.2, 0.25) is 0 Å². The minimum absolute atomic E-state index is 0.161. The predicted molar refractivity (Wildman–Crippen MR) is 66.2 cm³/mol. The van der Waals surface area contributed by atoms with Gasteiger partial charge < -0.3 is 5.32 Å². The van der Waals surface area contributed by atoms with Crippen molar-refractivity contribution in [2.45, 2.75) is 57.5 Å². The van der Waals surface area contributed by atoms with Gasteiger partial charge in [0.15, 0.2) is 9.84 Å². The molecule has 0 spiro atoms. The fraction of sp³-hybridized carbons (Fsp3) is 1.00. The van der Waals surface area contributed by atoms with E-state index < -0.39 is 9.84 Å². The number of nitrogens with one attached hydrogen (secondary N) is 1. The Morgan fingerprint density at radius 1 is 1.38 bits per heavy atom. The second-order valence-corrected chi connectivity index (χ2v) is 8.02. The Balaban J connectivity index is 1.91. The first kappa shape index (κ1) is 12.4. The normalized spacial score (nSPS) is 42.6. The first-order valence-corrected chi connectivity index (χ1v) is 8.23. The SMILES string of the molecule is CCC1CCC(NC2(C)CCS(=O)(=O)C2)C1. The van der Waals surface area contributed by atoms with Gasteiger partial charge in [-0.2, -0.15) is 0 Å². The van der Waals surface area contributed by atoms with Gasteiger partial charge in [0.25, 0.3) is 0 Å². The highest BCUT2D eigenvalue weighted by molar-refractivity contribution is 7.91. The van der Waals surface area contributed by atoms with Crippen LogP contribution in [0.25, 0.3) is 0 Å². The van der Waals surface area contributed by atoms with Crippen molar-refractivity contribution >= 4 is 9.84 Å². The summed E-state index contributed by atoms with van der Waals surface area (Å²) in [7, 11) is -2.78. The van der Waals surface area contributed by atoms with Crippen molar-refractivity contribution in [3.63, 3.8) is 0 Å². The molecule has 94 valence electrons. The summed E-state index contributed by atoms with van der Waals surface area (Å²) in [4.78, 5) is 0. The van der Waals surface area contributed by atoms with Crippen molar-refractivity contribution in [3.8, 4) is 0 Å². The van der Waals surface area contributed by atoms with Gasteiger partial charge in [-0.3, -0.25) is 0 Å². The summed E-state index contributed by atoms with van der Waals surface area (Å²) in [5.74, 6) is 1.53. The van der Waals surface area contributed by atoms with Gasteiger partial charge >= 0.3 is 0 Å². The third-order valence-electron chi connectivity index (χ3n) is 4.17. The average molecular weight is 245 g/mol. The summed E-state index contributed by atoms with van der Waals surface area (Å²) in [6.45, 7) is 4.31. The van der Waals surface area contributed by atoms with E-state index in [1.807, 2.05) is 0 Å². The van der Waals surface area contributed by atoms with Crippen molar-refractivity contribution in [1.82, 2.24) is 5.32 Å². The van der Waals surface area contributed by atoms with E-state index in [4.69, 9.17) is 0 Å².